The van der Waals surface area contributed by atoms with Gasteiger partial charge in [-0.25, -0.2) is 4.68 Å². The number of nitrogens with one attached hydrogen (secondary N) is 1. The summed E-state index contributed by atoms with van der Waals surface area (Å²) in [6.07, 6.45) is 2.15. The fourth-order valence-electron chi connectivity index (χ4n) is 2.49. The van der Waals surface area contributed by atoms with E-state index in [0.29, 0.717) is 28.4 Å². The fraction of sp³-hybridized carbons (Fsp3) is 0.167. The lowest BCUT2D eigenvalue weighted by Crippen LogP contribution is -2.34. The van der Waals surface area contributed by atoms with Crippen molar-refractivity contribution in [2.24, 2.45) is 0 Å². The van der Waals surface area contributed by atoms with Crippen molar-refractivity contribution in [2.75, 3.05) is 6.54 Å². The molecule has 0 aliphatic heterocycles. The van der Waals surface area contributed by atoms with Crippen molar-refractivity contribution in [3.05, 3.63) is 74.6 Å². The van der Waals surface area contributed by atoms with Gasteiger partial charge in [0.05, 0.1) is 11.6 Å². The third-order valence-corrected chi connectivity index (χ3v) is 4.37. The molecular weight excluding hydrogens is 361 g/mol. The number of amides is 1. The third kappa shape index (κ3) is 4.18. The van der Waals surface area contributed by atoms with E-state index in [1.54, 1.807) is 30.5 Å². The maximum Gasteiger partial charge on any atom is 0.275 e. The number of hydrogen-bond acceptors (Lipinski definition) is 3. The number of carbonyl (C=O) groups excluding carboxylic acids is 1. The van der Waals surface area contributed by atoms with Crippen molar-refractivity contribution in [3.63, 3.8) is 0 Å². The Kier molecular flexibility index (Phi) is 5.36. The highest BCUT2D eigenvalue weighted by molar-refractivity contribution is 6.35. The zero-order valence-electron chi connectivity index (χ0n) is 13.2. The summed E-state index contributed by atoms with van der Waals surface area (Å²) in [5.74, 6) is -0.282. The largest absolute Gasteiger partial charge is 0.354 e. The zero-order valence-corrected chi connectivity index (χ0v) is 14.7. The number of carbonyl (C=O) groups is 1. The number of halogens is 2. The van der Waals surface area contributed by atoms with Crippen LogP contribution in [-0.2, 0) is 17.8 Å². The van der Waals surface area contributed by atoms with Crippen molar-refractivity contribution in [1.29, 1.82) is 0 Å². The first-order chi connectivity index (χ1) is 12.0. The molecule has 3 aromatic rings. The summed E-state index contributed by atoms with van der Waals surface area (Å²) < 4.78 is 1.16. The molecule has 0 atom stereocenters. The molecular formula is C18H15Cl2N3O2. The van der Waals surface area contributed by atoms with Gasteiger partial charge in [0, 0.05) is 22.0 Å². The van der Waals surface area contributed by atoms with Crippen molar-refractivity contribution in [2.45, 2.75) is 13.0 Å². The van der Waals surface area contributed by atoms with E-state index < -0.39 is 0 Å². The number of benzene rings is 2. The summed E-state index contributed by atoms with van der Waals surface area (Å²) in [5, 5.41) is 9.24. The second kappa shape index (κ2) is 7.68. The van der Waals surface area contributed by atoms with Gasteiger partial charge >= 0.3 is 0 Å². The van der Waals surface area contributed by atoms with Crippen molar-refractivity contribution >= 4 is 39.9 Å². The lowest BCUT2D eigenvalue weighted by molar-refractivity contribution is -0.121. The van der Waals surface area contributed by atoms with Crippen LogP contribution in [0.15, 0.2) is 53.5 Å². The van der Waals surface area contributed by atoms with Gasteiger partial charge < -0.3 is 5.32 Å². The smallest absolute Gasteiger partial charge is 0.275 e. The standard InChI is InChI=1S/C18H15Cl2N3O2/c19-14-6-5-12(16(20)9-14)7-8-21-17(24)11-23-18(25)15-4-2-1-3-13(15)10-22-23/h1-6,9-10H,7-8,11H2,(H,21,24). The molecule has 1 amide bonds. The number of fused-ring (bicyclic) bond motifs is 1. The monoisotopic (exact) mass is 375 g/mol. The summed E-state index contributed by atoms with van der Waals surface area (Å²) in [6, 6.07) is 12.4. The highest BCUT2D eigenvalue weighted by atomic mass is 35.5. The van der Waals surface area contributed by atoms with Crippen LogP contribution in [-0.4, -0.2) is 22.2 Å². The molecule has 0 spiro atoms. The predicted molar refractivity (Wildman–Crippen MR) is 99.2 cm³/mol. The van der Waals surface area contributed by atoms with Crippen molar-refractivity contribution in [1.82, 2.24) is 15.1 Å². The zero-order chi connectivity index (χ0) is 17.8. The Morgan fingerprint density at radius 1 is 1.16 bits per heavy atom. The van der Waals surface area contributed by atoms with Gasteiger partial charge in [0.25, 0.3) is 5.56 Å². The van der Waals surface area contributed by atoms with Gasteiger partial charge in [-0.2, -0.15) is 5.10 Å². The summed E-state index contributed by atoms with van der Waals surface area (Å²) in [7, 11) is 0. The van der Waals surface area contributed by atoms with E-state index in [4.69, 9.17) is 23.2 Å². The van der Waals surface area contributed by atoms with Gasteiger partial charge in [-0.05, 0) is 30.2 Å². The first-order valence-corrected chi connectivity index (χ1v) is 8.45. The molecule has 0 saturated heterocycles. The van der Waals surface area contributed by atoms with Gasteiger partial charge in [-0.3, -0.25) is 9.59 Å². The molecule has 0 aliphatic carbocycles. The van der Waals surface area contributed by atoms with E-state index in [-0.39, 0.29) is 18.0 Å². The van der Waals surface area contributed by atoms with E-state index in [0.717, 1.165) is 15.6 Å². The molecule has 0 saturated carbocycles. The molecule has 0 unspecified atom stereocenters. The topological polar surface area (TPSA) is 64.0 Å². The molecule has 1 aromatic heterocycles. The molecule has 2 aromatic carbocycles. The summed E-state index contributed by atoms with van der Waals surface area (Å²) in [4.78, 5) is 24.4. The second-order valence-corrected chi connectivity index (χ2v) is 6.37. The Labute approximate surface area is 154 Å². The van der Waals surface area contributed by atoms with E-state index >= 15 is 0 Å². The van der Waals surface area contributed by atoms with Gasteiger partial charge in [-0.1, -0.05) is 47.5 Å². The quantitative estimate of drug-likeness (QED) is 0.745. The molecule has 7 heteroatoms. The fourth-order valence-corrected chi connectivity index (χ4v) is 3.00. The summed E-state index contributed by atoms with van der Waals surface area (Å²) in [5.41, 5.74) is 0.612. The Hall–Kier alpha value is -2.37. The molecule has 5 nitrogen and oxygen atoms in total. The molecule has 0 radical (unpaired) electrons. The normalized spacial score (nSPS) is 10.8. The maximum atomic E-state index is 12.3. The number of nitrogens with zero attached hydrogens (tertiary/aromatic N) is 2. The Bertz CT molecular complexity index is 985. The van der Waals surface area contributed by atoms with Gasteiger partial charge in [0.1, 0.15) is 6.54 Å². The van der Waals surface area contributed by atoms with Crippen molar-refractivity contribution in [3.8, 4) is 0 Å². The third-order valence-electron chi connectivity index (χ3n) is 3.79. The van der Waals surface area contributed by atoms with Crippen LogP contribution < -0.4 is 10.9 Å². The van der Waals surface area contributed by atoms with Crippen LogP contribution >= 0.6 is 23.2 Å². The molecule has 0 fully saturated rings. The van der Waals surface area contributed by atoms with E-state index in [2.05, 4.69) is 10.4 Å². The van der Waals surface area contributed by atoms with Crippen LogP contribution in [0.1, 0.15) is 5.56 Å². The molecule has 0 aliphatic rings. The van der Waals surface area contributed by atoms with E-state index in [9.17, 15) is 9.59 Å². The minimum absolute atomic E-state index is 0.127. The Morgan fingerprint density at radius 2 is 1.96 bits per heavy atom. The van der Waals surface area contributed by atoms with Gasteiger partial charge in [0.15, 0.2) is 0 Å². The predicted octanol–water partition coefficient (Wildman–Crippen LogP) is 3.06. The van der Waals surface area contributed by atoms with E-state index in [1.807, 2.05) is 18.2 Å². The van der Waals surface area contributed by atoms with Crippen LogP contribution in [0, 0.1) is 0 Å². The van der Waals surface area contributed by atoms with Gasteiger partial charge in [-0.15, -0.1) is 0 Å². The van der Waals surface area contributed by atoms with Crippen molar-refractivity contribution < 1.29 is 4.79 Å². The minimum Gasteiger partial charge on any atom is -0.354 e. The number of rotatable bonds is 5. The van der Waals surface area contributed by atoms with Gasteiger partial charge in [0.2, 0.25) is 5.91 Å². The average molecular weight is 376 g/mol. The van der Waals surface area contributed by atoms with E-state index in [1.165, 1.54) is 0 Å². The van der Waals surface area contributed by atoms with Crippen LogP contribution in [0.2, 0.25) is 10.0 Å². The average Bonchev–Trinajstić information content (AvgIpc) is 2.59. The lowest BCUT2D eigenvalue weighted by Gasteiger charge is -2.08. The molecule has 25 heavy (non-hydrogen) atoms. The summed E-state index contributed by atoms with van der Waals surface area (Å²) >= 11 is 12.0. The second-order valence-electron chi connectivity index (χ2n) is 5.53. The lowest BCUT2D eigenvalue weighted by atomic mass is 10.1. The maximum absolute atomic E-state index is 12.3. The highest BCUT2D eigenvalue weighted by Crippen LogP contribution is 2.21. The first-order valence-electron chi connectivity index (χ1n) is 7.70. The molecule has 3 rings (SSSR count). The van der Waals surface area contributed by atoms with Crippen LogP contribution in [0.25, 0.3) is 10.8 Å². The first kappa shape index (κ1) is 17.5. The SMILES string of the molecule is O=C(Cn1ncc2ccccc2c1=O)NCCc1ccc(Cl)cc1Cl. The van der Waals surface area contributed by atoms with Crippen LogP contribution in [0.3, 0.4) is 0 Å². The highest BCUT2D eigenvalue weighted by Gasteiger charge is 2.08. The molecule has 1 N–H and O–H groups in total. The molecule has 0 bridgehead atoms. The molecule has 1 heterocycles. The van der Waals surface area contributed by atoms with Crippen LogP contribution in [0.5, 0.6) is 0 Å². The Morgan fingerprint density at radius 3 is 2.76 bits per heavy atom. The summed E-state index contributed by atoms with van der Waals surface area (Å²) in [6.45, 7) is 0.278. The number of hydrogen-bond donors (Lipinski definition) is 1. The Balaban J connectivity index is 1.61. The number of aromatic nitrogens is 2. The minimum atomic E-state index is -0.283. The van der Waals surface area contributed by atoms with Crippen LogP contribution in [0.4, 0.5) is 0 Å². The molecule has 128 valence electrons.